The maximum absolute atomic E-state index is 11.2. The van der Waals surface area contributed by atoms with Crippen LogP contribution in [-0.4, -0.2) is 25.5 Å². The molecule has 0 fully saturated rings. The van der Waals surface area contributed by atoms with Crippen LogP contribution in [0.15, 0.2) is 24.3 Å². The predicted molar refractivity (Wildman–Crippen MR) is 76.2 cm³/mol. The van der Waals surface area contributed by atoms with Crippen LogP contribution in [0.1, 0.15) is 17.5 Å². The van der Waals surface area contributed by atoms with Gasteiger partial charge in [0, 0.05) is 17.0 Å². The number of ether oxygens (including phenoxy) is 2. The molecule has 0 aromatic heterocycles. The highest BCUT2D eigenvalue weighted by molar-refractivity contribution is 9.09. The monoisotopic (exact) mass is 312 g/mol. The minimum absolute atomic E-state index is 0.368. The molecule has 3 nitrogen and oxygen atoms in total. The molecule has 0 heterocycles. The molecule has 1 aromatic rings. The Morgan fingerprint density at radius 3 is 2.78 bits per heavy atom. The van der Waals surface area contributed by atoms with Gasteiger partial charge in [0.1, 0.15) is 5.75 Å². The summed E-state index contributed by atoms with van der Waals surface area (Å²) in [6.45, 7) is 0. The molecule has 0 unspecified atom stereocenters. The number of carbonyl (C=O) groups is 1. The predicted octanol–water partition coefficient (Wildman–Crippen LogP) is 3.21. The Balaban J connectivity index is 3.03. The lowest BCUT2D eigenvalue weighted by Gasteiger charge is -2.10. The summed E-state index contributed by atoms with van der Waals surface area (Å²) < 4.78 is 9.91. The summed E-state index contributed by atoms with van der Waals surface area (Å²) in [7, 11) is 2.99. The van der Waals surface area contributed by atoms with E-state index in [2.05, 4.69) is 20.7 Å². The molecule has 0 spiro atoms. The first-order chi connectivity index (χ1) is 8.72. The van der Waals surface area contributed by atoms with E-state index in [0.29, 0.717) is 0 Å². The Hall–Kier alpha value is -1.29. The van der Waals surface area contributed by atoms with Gasteiger partial charge in [-0.2, -0.15) is 0 Å². The van der Waals surface area contributed by atoms with E-state index in [4.69, 9.17) is 4.74 Å². The van der Waals surface area contributed by atoms with Gasteiger partial charge >= 0.3 is 5.97 Å². The van der Waals surface area contributed by atoms with Crippen molar-refractivity contribution in [2.75, 3.05) is 19.5 Å². The third kappa shape index (κ3) is 4.18. The van der Waals surface area contributed by atoms with Gasteiger partial charge in [0.25, 0.3) is 0 Å². The lowest BCUT2D eigenvalue weighted by molar-refractivity contribution is -0.134. The van der Waals surface area contributed by atoms with E-state index in [1.165, 1.54) is 13.2 Å². The van der Waals surface area contributed by atoms with Crippen LogP contribution in [0.3, 0.4) is 0 Å². The fraction of sp³-hybridized carbons (Fsp3) is 0.357. The SMILES string of the molecule is COC(=O)/C=C/c1c(CCCBr)cccc1OC. The molecule has 1 aromatic carbocycles. The van der Waals surface area contributed by atoms with Crippen molar-refractivity contribution in [2.45, 2.75) is 12.8 Å². The van der Waals surface area contributed by atoms with Crippen molar-refractivity contribution < 1.29 is 14.3 Å². The summed E-state index contributed by atoms with van der Waals surface area (Å²) in [6, 6.07) is 5.88. The van der Waals surface area contributed by atoms with Gasteiger partial charge in [-0.1, -0.05) is 28.1 Å². The van der Waals surface area contributed by atoms with E-state index in [-0.39, 0.29) is 5.97 Å². The summed E-state index contributed by atoms with van der Waals surface area (Å²) in [6.07, 6.45) is 5.12. The van der Waals surface area contributed by atoms with E-state index < -0.39 is 0 Å². The number of halogens is 1. The lowest BCUT2D eigenvalue weighted by atomic mass is 10.0. The third-order valence-corrected chi connectivity index (χ3v) is 3.10. The molecule has 0 atom stereocenters. The van der Waals surface area contributed by atoms with E-state index >= 15 is 0 Å². The van der Waals surface area contributed by atoms with Crippen LogP contribution in [0.2, 0.25) is 0 Å². The number of esters is 1. The van der Waals surface area contributed by atoms with Crippen molar-refractivity contribution >= 4 is 28.0 Å². The summed E-state index contributed by atoms with van der Waals surface area (Å²) >= 11 is 3.42. The Kier molecular flexibility index (Phi) is 6.50. The molecule has 1 rings (SSSR count). The first-order valence-corrected chi connectivity index (χ1v) is 6.83. The Morgan fingerprint density at radius 1 is 1.39 bits per heavy atom. The van der Waals surface area contributed by atoms with E-state index in [1.54, 1.807) is 13.2 Å². The molecule has 0 aliphatic carbocycles. The number of rotatable bonds is 6. The van der Waals surface area contributed by atoms with Crippen molar-refractivity contribution in [1.29, 1.82) is 0 Å². The summed E-state index contributed by atoms with van der Waals surface area (Å²) in [5.41, 5.74) is 2.10. The zero-order valence-electron chi connectivity index (χ0n) is 10.6. The molecule has 0 saturated heterocycles. The molecule has 4 heteroatoms. The molecular weight excluding hydrogens is 296 g/mol. The molecule has 0 radical (unpaired) electrons. The molecule has 0 aliphatic heterocycles. The van der Waals surface area contributed by atoms with Gasteiger partial charge in [-0.25, -0.2) is 4.79 Å². The van der Waals surface area contributed by atoms with Crippen molar-refractivity contribution in [3.8, 4) is 5.75 Å². The second-order valence-corrected chi connectivity index (χ2v) is 4.48. The molecule has 0 bridgehead atoms. The molecule has 0 saturated carbocycles. The van der Waals surface area contributed by atoms with Crippen molar-refractivity contribution in [3.05, 3.63) is 35.4 Å². The largest absolute Gasteiger partial charge is 0.496 e. The quantitative estimate of drug-likeness (QED) is 0.459. The van der Waals surface area contributed by atoms with Gasteiger partial charge in [0.2, 0.25) is 0 Å². The maximum atomic E-state index is 11.2. The molecule has 0 amide bonds. The molecule has 98 valence electrons. The first-order valence-electron chi connectivity index (χ1n) is 5.70. The van der Waals surface area contributed by atoms with E-state index in [0.717, 1.165) is 35.0 Å². The van der Waals surface area contributed by atoms with Crippen LogP contribution in [0.25, 0.3) is 6.08 Å². The van der Waals surface area contributed by atoms with Crippen molar-refractivity contribution in [1.82, 2.24) is 0 Å². The Labute approximate surface area is 116 Å². The number of carbonyl (C=O) groups excluding carboxylic acids is 1. The van der Waals surface area contributed by atoms with Crippen molar-refractivity contribution in [3.63, 3.8) is 0 Å². The minimum Gasteiger partial charge on any atom is -0.496 e. The highest BCUT2D eigenvalue weighted by atomic mass is 79.9. The number of benzene rings is 1. The normalized spacial score (nSPS) is 10.6. The summed E-state index contributed by atoms with van der Waals surface area (Å²) in [5, 5.41) is 0.949. The number of aryl methyl sites for hydroxylation is 1. The number of hydrogen-bond donors (Lipinski definition) is 0. The number of alkyl halides is 1. The van der Waals surface area contributed by atoms with Gasteiger partial charge in [0.15, 0.2) is 0 Å². The van der Waals surface area contributed by atoms with Crippen molar-refractivity contribution in [2.24, 2.45) is 0 Å². The standard InChI is InChI=1S/C14H17BrO3/c1-17-13-7-3-5-11(6-4-10-15)12(13)8-9-14(16)18-2/h3,5,7-9H,4,6,10H2,1-2H3/b9-8+. The fourth-order valence-corrected chi connectivity index (χ4v) is 1.93. The fourth-order valence-electron chi connectivity index (χ4n) is 1.65. The van der Waals surface area contributed by atoms with Gasteiger partial charge in [-0.15, -0.1) is 0 Å². The first kappa shape index (κ1) is 14.8. The van der Waals surface area contributed by atoms with Crippen LogP contribution in [0, 0.1) is 0 Å². The smallest absolute Gasteiger partial charge is 0.330 e. The van der Waals surface area contributed by atoms with Gasteiger partial charge in [-0.3, -0.25) is 0 Å². The second kappa shape index (κ2) is 7.93. The molecular formula is C14H17BrO3. The summed E-state index contributed by atoms with van der Waals surface area (Å²) in [5.74, 6) is 0.398. The average molecular weight is 313 g/mol. The van der Waals surface area contributed by atoms with Gasteiger partial charge in [-0.05, 0) is 30.5 Å². The van der Waals surface area contributed by atoms with E-state index in [1.807, 2.05) is 18.2 Å². The van der Waals surface area contributed by atoms with Crippen LogP contribution in [0.5, 0.6) is 5.75 Å². The molecule has 0 N–H and O–H groups in total. The minimum atomic E-state index is -0.368. The Bertz CT molecular complexity index is 427. The third-order valence-electron chi connectivity index (χ3n) is 2.54. The zero-order valence-corrected chi connectivity index (χ0v) is 12.2. The lowest BCUT2D eigenvalue weighted by Crippen LogP contribution is -1.97. The van der Waals surface area contributed by atoms with Crippen LogP contribution >= 0.6 is 15.9 Å². The Morgan fingerprint density at radius 2 is 2.17 bits per heavy atom. The molecule has 18 heavy (non-hydrogen) atoms. The van der Waals surface area contributed by atoms with Crippen LogP contribution in [0.4, 0.5) is 0 Å². The van der Waals surface area contributed by atoms with Crippen LogP contribution in [-0.2, 0) is 16.0 Å². The average Bonchev–Trinajstić information content (AvgIpc) is 2.42. The maximum Gasteiger partial charge on any atom is 0.330 e. The highest BCUT2D eigenvalue weighted by Gasteiger charge is 2.06. The number of methoxy groups -OCH3 is 2. The zero-order chi connectivity index (χ0) is 13.4. The second-order valence-electron chi connectivity index (χ2n) is 3.68. The summed E-state index contributed by atoms with van der Waals surface area (Å²) in [4.78, 5) is 11.2. The topological polar surface area (TPSA) is 35.5 Å². The number of hydrogen-bond acceptors (Lipinski definition) is 3. The van der Waals surface area contributed by atoms with Crippen LogP contribution < -0.4 is 4.74 Å². The molecule has 0 aliphatic rings. The van der Waals surface area contributed by atoms with E-state index in [9.17, 15) is 4.79 Å². The van der Waals surface area contributed by atoms with Gasteiger partial charge in [0.05, 0.1) is 14.2 Å². The highest BCUT2D eigenvalue weighted by Crippen LogP contribution is 2.25. The van der Waals surface area contributed by atoms with Gasteiger partial charge < -0.3 is 9.47 Å².